The number of aromatic nitrogens is 4. The molecule has 0 aliphatic carbocycles. The molecule has 0 radical (unpaired) electrons. The van der Waals surface area contributed by atoms with Crippen LogP contribution in [0.25, 0.3) is 53.4 Å². The Hall–Kier alpha value is -5.99. The molecule has 3 aromatic heterocycles. The maximum Gasteiger partial charge on any atom is 0.407 e. The van der Waals surface area contributed by atoms with Crippen LogP contribution in [-0.2, 0) is 20.8 Å². The van der Waals surface area contributed by atoms with E-state index < -0.39 is 24.3 Å². The molecule has 14 heteroatoms. The fourth-order valence-electron chi connectivity index (χ4n) is 8.55. The third-order valence-electron chi connectivity index (χ3n) is 11.8. The van der Waals surface area contributed by atoms with Gasteiger partial charge in [-0.05, 0) is 89.4 Å². The van der Waals surface area contributed by atoms with E-state index in [2.05, 4.69) is 76.9 Å². The number of H-pyrrole nitrogens is 2. The van der Waals surface area contributed by atoms with Crippen LogP contribution in [0.4, 0.5) is 9.59 Å². The van der Waals surface area contributed by atoms with Crippen molar-refractivity contribution in [1.29, 1.82) is 0 Å². The van der Waals surface area contributed by atoms with Gasteiger partial charge in [-0.25, -0.2) is 19.6 Å². The second kappa shape index (κ2) is 16.9. The Balaban J connectivity index is 1.11. The molecule has 13 nitrogen and oxygen atoms in total. The zero-order chi connectivity index (χ0) is 42.2. The van der Waals surface area contributed by atoms with Crippen molar-refractivity contribution in [3.8, 4) is 10.4 Å². The monoisotopic (exact) mass is 828 g/mol. The number of alkyl carbamates (subject to hydrolysis) is 2. The first kappa shape index (κ1) is 40.8. The number of benzene rings is 4. The maximum atomic E-state index is 14.2. The molecular weight excluding hydrogens is 777 g/mol. The van der Waals surface area contributed by atoms with Gasteiger partial charge in [0.25, 0.3) is 0 Å². The molecule has 312 valence electrons. The van der Waals surface area contributed by atoms with Crippen molar-refractivity contribution in [1.82, 2.24) is 35.5 Å². The van der Waals surface area contributed by atoms with E-state index in [-0.39, 0.29) is 29.7 Å². The Morgan fingerprint density at radius 3 is 2.33 bits per heavy atom. The van der Waals surface area contributed by atoms with Gasteiger partial charge in [-0.2, -0.15) is 0 Å². The smallest absolute Gasteiger partial charge is 0.407 e. The lowest BCUT2D eigenvalue weighted by molar-refractivity contribution is -0.136. The second-order valence-corrected chi connectivity index (χ2v) is 17.5. The van der Waals surface area contributed by atoms with Crippen LogP contribution in [-0.4, -0.2) is 75.8 Å². The molecular formula is C46H52N8O5S. The fourth-order valence-corrected chi connectivity index (χ4v) is 9.70. The predicted octanol–water partition coefficient (Wildman–Crippen LogP) is 8.88. The van der Waals surface area contributed by atoms with Crippen molar-refractivity contribution in [3.05, 3.63) is 95.6 Å². The third kappa shape index (κ3) is 7.77. The first-order valence-electron chi connectivity index (χ1n) is 20.6. The molecule has 1 aliphatic heterocycles. The number of carbonyl (C=O) groups excluding carboxylic acids is 3. The summed E-state index contributed by atoms with van der Waals surface area (Å²) in [5, 5.41) is 8.99. The number of nitrogens with two attached hydrogens (primary N) is 1. The van der Waals surface area contributed by atoms with Crippen LogP contribution in [0.15, 0.2) is 72.8 Å². The van der Waals surface area contributed by atoms with Crippen molar-refractivity contribution in [2.24, 2.45) is 17.6 Å². The minimum Gasteiger partial charge on any atom is -0.453 e. The Morgan fingerprint density at radius 2 is 1.60 bits per heavy atom. The highest BCUT2D eigenvalue weighted by Crippen LogP contribution is 2.42. The molecule has 0 spiro atoms. The summed E-state index contributed by atoms with van der Waals surface area (Å²) < 4.78 is 10.9. The van der Waals surface area contributed by atoms with Crippen molar-refractivity contribution in [3.63, 3.8) is 0 Å². The molecule has 0 bridgehead atoms. The minimum absolute atomic E-state index is 0.0767. The number of amides is 3. The number of aromatic amines is 2. The van der Waals surface area contributed by atoms with Crippen LogP contribution in [0.1, 0.15) is 81.7 Å². The van der Waals surface area contributed by atoms with E-state index in [9.17, 15) is 14.4 Å². The lowest BCUT2D eigenvalue weighted by Gasteiger charge is -2.30. The standard InChI is InChI=1S/C46H52N8O5S/c1-24(2)35(50-45(56)58-5)21-29(11-9-19-47)42-48-34-18-15-28-22-36(60-41(28)39(34)52-42)27-13-16-31-26(20-27)14-17-33-38(31)51-43(49-33)40-32-12-8-7-10-30(32)23-54(40)44(55)37(25(3)4)53-46(57)59-6/h7-8,10,12-18,20,22,24-25,29,35,37,40H,9,11,19,21,23,47H2,1-6H3,(H,48,52)(H,49,51)(H,50,56)(H,53,57)/t29?,35-,37+,40+/m1/s1. The summed E-state index contributed by atoms with van der Waals surface area (Å²) in [6, 6.07) is 23.8. The molecule has 7 aromatic rings. The van der Waals surface area contributed by atoms with Gasteiger partial charge in [0.1, 0.15) is 23.7 Å². The van der Waals surface area contributed by atoms with Crippen LogP contribution < -0.4 is 16.4 Å². The number of ether oxygens (including phenoxy) is 2. The average Bonchev–Trinajstić information content (AvgIpc) is 4.06. The van der Waals surface area contributed by atoms with Crippen molar-refractivity contribution in [2.45, 2.75) is 77.5 Å². The highest BCUT2D eigenvalue weighted by Gasteiger charge is 2.40. The largest absolute Gasteiger partial charge is 0.453 e. The number of nitrogens with zero attached hydrogens (tertiary/aromatic N) is 3. The van der Waals surface area contributed by atoms with Crippen molar-refractivity contribution >= 4 is 72.4 Å². The highest BCUT2D eigenvalue weighted by molar-refractivity contribution is 7.23. The number of fused-ring (bicyclic) bond motifs is 7. The van der Waals surface area contributed by atoms with Crippen LogP contribution in [0.2, 0.25) is 0 Å². The topological polar surface area (TPSA) is 180 Å². The quantitative estimate of drug-likeness (QED) is 0.0764. The van der Waals surface area contributed by atoms with E-state index in [1.54, 1.807) is 16.2 Å². The molecule has 0 saturated carbocycles. The third-order valence-corrected chi connectivity index (χ3v) is 13.1. The molecule has 4 atom stereocenters. The zero-order valence-corrected chi connectivity index (χ0v) is 35.6. The Bertz CT molecular complexity index is 2720. The maximum absolute atomic E-state index is 14.2. The molecule has 1 unspecified atom stereocenters. The van der Waals surface area contributed by atoms with Gasteiger partial charge in [-0.3, -0.25) is 4.79 Å². The summed E-state index contributed by atoms with van der Waals surface area (Å²) >= 11 is 1.74. The summed E-state index contributed by atoms with van der Waals surface area (Å²) in [6.07, 6.45) is 1.33. The highest BCUT2D eigenvalue weighted by atomic mass is 32.1. The van der Waals surface area contributed by atoms with Crippen LogP contribution in [0, 0.1) is 11.8 Å². The SMILES string of the molecule is COC(=O)N[C@H](C(=O)N1Cc2ccccc2[C@H]1c1nc2ccc3cc(-c4cc5ccc6nc(C(CCCN)C[C@@H](NC(=O)OC)C(C)C)[nH]c6c5s4)ccc3c2[nH]1)C(C)C. The van der Waals surface area contributed by atoms with E-state index >= 15 is 0 Å². The van der Waals surface area contributed by atoms with Gasteiger partial charge in [-0.15, -0.1) is 11.3 Å². The fraction of sp³-hybridized carbons (Fsp3) is 0.370. The molecule has 8 rings (SSSR count). The van der Waals surface area contributed by atoms with Gasteiger partial charge in [0, 0.05) is 28.8 Å². The summed E-state index contributed by atoms with van der Waals surface area (Å²) in [6.45, 7) is 8.99. The van der Waals surface area contributed by atoms with Crippen molar-refractivity contribution in [2.75, 3.05) is 20.8 Å². The Kier molecular flexibility index (Phi) is 11.5. The van der Waals surface area contributed by atoms with Crippen LogP contribution in [0.3, 0.4) is 0 Å². The molecule has 3 amide bonds. The molecule has 60 heavy (non-hydrogen) atoms. The summed E-state index contributed by atoms with van der Waals surface area (Å²) in [7, 11) is 2.68. The van der Waals surface area contributed by atoms with Gasteiger partial charge >= 0.3 is 12.2 Å². The Labute approximate surface area is 352 Å². The lowest BCUT2D eigenvalue weighted by Crippen LogP contribution is -2.50. The number of hydrogen-bond acceptors (Lipinski definition) is 9. The minimum atomic E-state index is -0.768. The zero-order valence-electron chi connectivity index (χ0n) is 34.8. The first-order chi connectivity index (χ1) is 29.0. The van der Waals surface area contributed by atoms with Gasteiger partial charge in [0.15, 0.2) is 0 Å². The Morgan fingerprint density at radius 1 is 0.867 bits per heavy atom. The number of methoxy groups -OCH3 is 2. The number of rotatable bonds is 13. The van der Waals surface area contributed by atoms with Crippen molar-refractivity contribution < 1.29 is 23.9 Å². The van der Waals surface area contributed by atoms with E-state index in [4.69, 9.17) is 25.2 Å². The molecule has 4 heterocycles. The number of thiophene rings is 1. The molecule has 0 saturated heterocycles. The number of imidazole rings is 2. The summed E-state index contributed by atoms with van der Waals surface area (Å²) in [5.74, 6) is 1.49. The first-order valence-corrected chi connectivity index (χ1v) is 21.4. The molecule has 4 aromatic carbocycles. The average molecular weight is 829 g/mol. The normalized spacial score (nSPS) is 15.6. The second-order valence-electron chi connectivity index (χ2n) is 16.4. The van der Waals surface area contributed by atoms with Gasteiger partial charge in [0.05, 0.1) is 41.0 Å². The van der Waals surface area contributed by atoms with E-state index in [1.807, 2.05) is 44.2 Å². The van der Waals surface area contributed by atoms with E-state index in [1.165, 1.54) is 14.2 Å². The van der Waals surface area contributed by atoms with Crippen LogP contribution in [0.5, 0.6) is 0 Å². The van der Waals surface area contributed by atoms with Crippen LogP contribution >= 0.6 is 11.3 Å². The van der Waals surface area contributed by atoms with Gasteiger partial charge < -0.3 is 40.7 Å². The lowest BCUT2D eigenvalue weighted by atomic mass is 9.89. The van der Waals surface area contributed by atoms with E-state index in [0.29, 0.717) is 25.3 Å². The number of carbonyl (C=O) groups is 3. The predicted molar refractivity (Wildman–Crippen MR) is 237 cm³/mol. The number of nitrogens with one attached hydrogen (secondary N) is 4. The number of hydrogen-bond donors (Lipinski definition) is 5. The summed E-state index contributed by atoms with van der Waals surface area (Å²) in [5.41, 5.74) is 12.7. The molecule has 1 aliphatic rings. The van der Waals surface area contributed by atoms with Gasteiger partial charge in [-0.1, -0.05) is 76.2 Å². The molecule has 0 fully saturated rings. The van der Waals surface area contributed by atoms with E-state index in [0.717, 1.165) is 83.2 Å². The van der Waals surface area contributed by atoms with Gasteiger partial charge in [0.2, 0.25) is 5.91 Å². The molecule has 6 N–H and O–H groups in total. The summed E-state index contributed by atoms with van der Waals surface area (Å²) in [4.78, 5) is 59.0.